The molecule has 1 amide bonds. The molecule has 3 heterocycles. The number of amides is 1. The fourth-order valence-corrected chi connectivity index (χ4v) is 4.34. The summed E-state index contributed by atoms with van der Waals surface area (Å²) in [4.78, 5) is 16.6. The number of likely N-dealkylation sites (tertiary alicyclic amines) is 1. The highest BCUT2D eigenvalue weighted by Gasteiger charge is 2.41. The average molecular weight is 428 g/mol. The van der Waals surface area contributed by atoms with Gasteiger partial charge in [0.1, 0.15) is 0 Å². The Bertz CT molecular complexity index is 963. The van der Waals surface area contributed by atoms with Crippen LogP contribution in [0.3, 0.4) is 0 Å². The van der Waals surface area contributed by atoms with Crippen molar-refractivity contribution in [3.63, 3.8) is 0 Å². The van der Waals surface area contributed by atoms with Gasteiger partial charge < -0.3 is 9.80 Å². The molecular formula is C20H21F5N4O. The second-order valence-corrected chi connectivity index (χ2v) is 7.91. The van der Waals surface area contributed by atoms with Crippen molar-refractivity contribution in [1.29, 1.82) is 0 Å². The summed E-state index contributed by atoms with van der Waals surface area (Å²) in [7, 11) is 1.95. The van der Waals surface area contributed by atoms with Gasteiger partial charge in [0.05, 0.1) is 5.56 Å². The Balaban J connectivity index is 1.51. The van der Waals surface area contributed by atoms with E-state index in [1.54, 1.807) is 4.90 Å². The molecule has 0 radical (unpaired) electrons. The van der Waals surface area contributed by atoms with Gasteiger partial charge in [-0.1, -0.05) is 6.07 Å². The van der Waals surface area contributed by atoms with Gasteiger partial charge in [-0.3, -0.25) is 9.89 Å². The Hall–Kier alpha value is -2.49. The quantitative estimate of drug-likeness (QED) is 0.742. The predicted octanol–water partition coefficient (Wildman–Crippen LogP) is 3.71. The van der Waals surface area contributed by atoms with Gasteiger partial charge in [-0.25, -0.2) is 8.78 Å². The van der Waals surface area contributed by atoms with E-state index in [0.29, 0.717) is 12.2 Å². The Labute approximate surface area is 169 Å². The molecule has 0 atom stereocenters. The van der Waals surface area contributed by atoms with Crippen molar-refractivity contribution >= 4 is 5.91 Å². The highest BCUT2D eigenvalue weighted by Crippen LogP contribution is 2.41. The van der Waals surface area contributed by atoms with Crippen molar-refractivity contribution in [3.05, 3.63) is 51.8 Å². The van der Waals surface area contributed by atoms with Crippen molar-refractivity contribution < 1.29 is 26.7 Å². The average Bonchev–Trinajstić information content (AvgIpc) is 3.11. The number of H-pyrrole nitrogens is 1. The van der Waals surface area contributed by atoms with Gasteiger partial charge in [0, 0.05) is 43.9 Å². The number of aromatic amines is 1. The van der Waals surface area contributed by atoms with E-state index >= 15 is 0 Å². The number of rotatable bonds is 2. The van der Waals surface area contributed by atoms with Crippen molar-refractivity contribution in [2.75, 3.05) is 26.7 Å². The molecule has 0 bridgehead atoms. The largest absolute Gasteiger partial charge is 0.419 e. The standard InChI is InChI=1S/C20H21F5N4O/c1-28-7-6-15-13(10-28)18(27-26-15)19(30)29-8-4-11(5-9-29)12-2-3-14(21)17(22)16(12)20(23,24)25/h2-3,11H,4-10H2,1H3,(H,26,27). The number of hydrogen-bond acceptors (Lipinski definition) is 3. The smallest absolute Gasteiger partial charge is 0.337 e. The number of nitrogens with zero attached hydrogens (tertiary/aromatic N) is 3. The molecule has 2 aromatic rings. The van der Waals surface area contributed by atoms with E-state index in [1.807, 2.05) is 7.05 Å². The molecule has 2 aliphatic heterocycles. The third-order valence-electron chi connectivity index (χ3n) is 5.96. The van der Waals surface area contributed by atoms with Crippen LogP contribution in [0.5, 0.6) is 0 Å². The van der Waals surface area contributed by atoms with E-state index in [2.05, 4.69) is 15.1 Å². The Morgan fingerprint density at radius 2 is 1.87 bits per heavy atom. The Morgan fingerprint density at radius 1 is 1.17 bits per heavy atom. The Kier molecular flexibility index (Phi) is 5.29. The highest BCUT2D eigenvalue weighted by atomic mass is 19.4. The summed E-state index contributed by atoms with van der Waals surface area (Å²) in [5.74, 6) is -4.26. The van der Waals surface area contributed by atoms with Crippen molar-refractivity contribution in [3.8, 4) is 0 Å². The molecule has 2 aliphatic rings. The fraction of sp³-hybridized carbons (Fsp3) is 0.500. The summed E-state index contributed by atoms with van der Waals surface area (Å²) in [6.45, 7) is 1.91. The van der Waals surface area contributed by atoms with Crippen LogP contribution in [0.2, 0.25) is 0 Å². The number of benzene rings is 1. The number of likely N-dealkylation sites (N-methyl/N-ethyl adjacent to an activating group) is 1. The van der Waals surface area contributed by atoms with Gasteiger partial charge in [0.15, 0.2) is 17.3 Å². The topological polar surface area (TPSA) is 52.2 Å². The summed E-state index contributed by atoms with van der Waals surface area (Å²) in [5.41, 5.74) is 0.335. The molecule has 4 rings (SSSR count). The van der Waals surface area contributed by atoms with Crippen molar-refractivity contribution in [2.24, 2.45) is 0 Å². The van der Waals surface area contributed by atoms with Crippen LogP contribution in [0.1, 0.15) is 51.6 Å². The van der Waals surface area contributed by atoms with Crippen LogP contribution in [-0.2, 0) is 19.1 Å². The summed E-state index contributed by atoms with van der Waals surface area (Å²) < 4.78 is 67.3. The first-order valence-electron chi connectivity index (χ1n) is 9.75. The summed E-state index contributed by atoms with van der Waals surface area (Å²) in [6, 6.07) is 1.73. The number of carbonyl (C=O) groups excluding carboxylic acids is 1. The number of halogens is 5. The van der Waals surface area contributed by atoms with Crippen LogP contribution in [0.15, 0.2) is 12.1 Å². The van der Waals surface area contributed by atoms with E-state index < -0.39 is 29.3 Å². The third-order valence-corrected chi connectivity index (χ3v) is 5.96. The van der Waals surface area contributed by atoms with Crippen LogP contribution in [0.25, 0.3) is 0 Å². The summed E-state index contributed by atoms with van der Waals surface area (Å²) >= 11 is 0. The Morgan fingerprint density at radius 3 is 2.53 bits per heavy atom. The zero-order valence-electron chi connectivity index (χ0n) is 16.3. The first-order valence-corrected chi connectivity index (χ1v) is 9.75. The molecule has 30 heavy (non-hydrogen) atoms. The summed E-state index contributed by atoms with van der Waals surface area (Å²) in [5, 5.41) is 7.08. The minimum atomic E-state index is -4.99. The molecule has 0 aliphatic carbocycles. The van der Waals surface area contributed by atoms with E-state index in [1.165, 1.54) is 0 Å². The molecule has 5 nitrogen and oxygen atoms in total. The molecule has 0 saturated carbocycles. The molecular weight excluding hydrogens is 407 g/mol. The molecule has 10 heteroatoms. The lowest BCUT2D eigenvalue weighted by Crippen LogP contribution is -2.39. The molecule has 1 saturated heterocycles. The highest BCUT2D eigenvalue weighted by molar-refractivity contribution is 5.94. The van der Waals surface area contributed by atoms with Crippen molar-refractivity contribution in [1.82, 2.24) is 20.0 Å². The first-order chi connectivity index (χ1) is 14.2. The predicted molar refractivity (Wildman–Crippen MR) is 97.9 cm³/mol. The molecule has 1 aromatic carbocycles. The maximum absolute atomic E-state index is 13.9. The fourth-order valence-electron chi connectivity index (χ4n) is 4.34. The molecule has 0 unspecified atom stereocenters. The zero-order valence-corrected chi connectivity index (χ0v) is 16.3. The molecule has 1 fully saturated rings. The third kappa shape index (κ3) is 3.68. The van der Waals surface area contributed by atoms with Crippen LogP contribution in [0, 0.1) is 11.6 Å². The van der Waals surface area contributed by atoms with Gasteiger partial charge in [-0.15, -0.1) is 0 Å². The number of alkyl halides is 3. The molecule has 1 aromatic heterocycles. The van der Waals surface area contributed by atoms with Gasteiger partial charge in [0.25, 0.3) is 5.91 Å². The number of nitrogens with one attached hydrogen (secondary N) is 1. The summed E-state index contributed by atoms with van der Waals surface area (Å²) in [6.07, 6.45) is -3.77. The maximum Gasteiger partial charge on any atom is 0.419 e. The lowest BCUT2D eigenvalue weighted by Gasteiger charge is -2.33. The lowest BCUT2D eigenvalue weighted by molar-refractivity contribution is -0.141. The van der Waals surface area contributed by atoms with Gasteiger partial charge in [-0.2, -0.15) is 18.3 Å². The van der Waals surface area contributed by atoms with E-state index in [9.17, 15) is 26.7 Å². The lowest BCUT2D eigenvalue weighted by atomic mass is 9.85. The molecule has 1 N–H and O–H groups in total. The number of carbonyl (C=O) groups is 1. The van der Waals surface area contributed by atoms with Crippen LogP contribution < -0.4 is 0 Å². The number of piperidine rings is 1. The van der Waals surface area contributed by atoms with Crippen LogP contribution in [-0.4, -0.2) is 52.6 Å². The number of hydrogen-bond donors (Lipinski definition) is 1. The monoisotopic (exact) mass is 428 g/mol. The van der Waals surface area contributed by atoms with Crippen LogP contribution >= 0.6 is 0 Å². The minimum Gasteiger partial charge on any atom is -0.337 e. The minimum absolute atomic E-state index is 0.220. The second kappa shape index (κ2) is 7.64. The van der Waals surface area contributed by atoms with Gasteiger partial charge >= 0.3 is 6.18 Å². The maximum atomic E-state index is 13.9. The molecule has 0 spiro atoms. The number of aromatic nitrogens is 2. The first kappa shape index (κ1) is 20.8. The van der Waals surface area contributed by atoms with E-state index in [4.69, 9.17) is 0 Å². The second-order valence-electron chi connectivity index (χ2n) is 7.91. The van der Waals surface area contributed by atoms with E-state index in [0.717, 1.165) is 36.4 Å². The van der Waals surface area contributed by atoms with E-state index in [-0.39, 0.29) is 37.4 Å². The van der Waals surface area contributed by atoms with Crippen LogP contribution in [0.4, 0.5) is 22.0 Å². The SMILES string of the molecule is CN1CCc2[nH]nc(C(=O)N3CCC(c4ccc(F)c(F)c4C(F)(F)F)CC3)c2C1. The number of fused-ring (bicyclic) bond motifs is 1. The normalized spacial score (nSPS) is 18.5. The van der Waals surface area contributed by atoms with Gasteiger partial charge in [0.2, 0.25) is 0 Å². The molecule has 162 valence electrons. The van der Waals surface area contributed by atoms with Crippen molar-refractivity contribution in [2.45, 2.75) is 37.9 Å². The zero-order chi connectivity index (χ0) is 21.6. The van der Waals surface area contributed by atoms with Gasteiger partial charge in [-0.05, 0) is 37.4 Å².